The monoisotopic (exact) mass is 306 g/mol. The van der Waals surface area contributed by atoms with E-state index >= 15 is 0 Å². The maximum Gasteiger partial charge on any atom is 0.314 e. The van der Waals surface area contributed by atoms with Crippen molar-refractivity contribution in [2.24, 2.45) is 0 Å². The van der Waals surface area contributed by atoms with Gasteiger partial charge in [0.05, 0.1) is 13.5 Å². The molecule has 3 N–H and O–H groups in total. The van der Waals surface area contributed by atoms with Crippen LogP contribution in [0.5, 0.6) is 5.75 Å². The van der Waals surface area contributed by atoms with Crippen LogP contribution in [0.25, 0.3) is 0 Å². The van der Waals surface area contributed by atoms with E-state index in [2.05, 4.69) is 10.6 Å². The van der Waals surface area contributed by atoms with E-state index in [-0.39, 0.29) is 24.4 Å². The predicted molar refractivity (Wildman–Crippen MR) is 82.2 cm³/mol. The molecule has 0 heterocycles. The topological polar surface area (TPSA) is 87.7 Å². The number of amides is 2. The van der Waals surface area contributed by atoms with Crippen LogP contribution in [0.2, 0.25) is 0 Å². The molecule has 0 unspecified atom stereocenters. The number of carbonyl (C=O) groups excluding carboxylic acids is 1. The highest BCUT2D eigenvalue weighted by Crippen LogP contribution is 2.43. The van der Waals surface area contributed by atoms with Crippen molar-refractivity contribution in [2.45, 2.75) is 31.1 Å². The summed E-state index contributed by atoms with van der Waals surface area (Å²) < 4.78 is 5.17. The second-order valence-corrected chi connectivity index (χ2v) is 5.62. The van der Waals surface area contributed by atoms with Crippen LogP contribution in [0, 0.1) is 0 Å². The van der Waals surface area contributed by atoms with E-state index in [4.69, 9.17) is 9.84 Å². The van der Waals surface area contributed by atoms with Crippen LogP contribution in [0.15, 0.2) is 24.3 Å². The second kappa shape index (κ2) is 7.15. The third kappa shape index (κ3) is 3.90. The maximum atomic E-state index is 11.7. The largest absolute Gasteiger partial charge is 0.497 e. The van der Waals surface area contributed by atoms with Crippen molar-refractivity contribution in [3.8, 4) is 5.75 Å². The summed E-state index contributed by atoms with van der Waals surface area (Å²) in [6.07, 6.45) is 3.15. The zero-order valence-electron chi connectivity index (χ0n) is 12.7. The lowest BCUT2D eigenvalue weighted by atomic mass is 9.64. The molecule has 0 saturated heterocycles. The number of nitrogens with one attached hydrogen (secondary N) is 2. The van der Waals surface area contributed by atoms with Gasteiger partial charge in [0.2, 0.25) is 0 Å². The molecule has 1 aromatic rings. The SMILES string of the molecule is COc1ccc(C2(CNC(=O)NCCC(=O)O)CCC2)cc1. The maximum absolute atomic E-state index is 11.7. The van der Waals surface area contributed by atoms with Crippen molar-refractivity contribution in [3.05, 3.63) is 29.8 Å². The minimum Gasteiger partial charge on any atom is -0.497 e. The van der Waals surface area contributed by atoms with Gasteiger partial charge in [-0.15, -0.1) is 0 Å². The molecule has 0 radical (unpaired) electrons. The first-order chi connectivity index (χ1) is 10.6. The number of urea groups is 1. The molecule has 0 spiro atoms. The Kier molecular flexibility index (Phi) is 5.25. The van der Waals surface area contributed by atoms with Gasteiger partial charge in [-0.2, -0.15) is 0 Å². The minimum atomic E-state index is -0.922. The van der Waals surface area contributed by atoms with E-state index in [0.717, 1.165) is 25.0 Å². The molecule has 1 aliphatic rings. The fourth-order valence-corrected chi connectivity index (χ4v) is 2.71. The quantitative estimate of drug-likeness (QED) is 0.718. The Hall–Kier alpha value is -2.24. The standard InChI is InChI=1S/C16H22N2O4/c1-22-13-5-3-12(4-6-13)16(8-2-9-16)11-18-15(21)17-10-7-14(19)20/h3-6H,2,7-11H2,1H3,(H,19,20)(H2,17,18,21). The van der Waals surface area contributed by atoms with Gasteiger partial charge in [-0.3, -0.25) is 4.79 Å². The molecule has 22 heavy (non-hydrogen) atoms. The van der Waals surface area contributed by atoms with Crippen molar-refractivity contribution in [1.82, 2.24) is 10.6 Å². The molecule has 0 aliphatic heterocycles. The van der Waals surface area contributed by atoms with Gasteiger partial charge in [-0.05, 0) is 30.5 Å². The van der Waals surface area contributed by atoms with Gasteiger partial charge < -0.3 is 20.5 Å². The number of hydrogen-bond donors (Lipinski definition) is 3. The number of rotatable bonds is 7. The number of carboxylic acid groups (broad SMARTS) is 1. The van der Waals surface area contributed by atoms with Crippen LogP contribution < -0.4 is 15.4 Å². The van der Waals surface area contributed by atoms with Gasteiger partial charge in [-0.25, -0.2) is 4.79 Å². The zero-order valence-corrected chi connectivity index (χ0v) is 12.7. The van der Waals surface area contributed by atoms with Gasteiger partial charge in [-0.1, -0.05) is 18.6 Å². The number of ether oxygens (including phenoxy) is 1. The molecular weight excluding hydrogens is 284 g/mol. The summed E-state index contributed by atoms with van der Waals surface area (Å²) in [4.78, 5) is 22.1. The summed E-state index contributed by atoms with van der Waals surface area (Å²) in [6, 6.07) is 7.63. The number of methoxy groups -OCH3 is 1. The first kappa shape index (κ1) is 16.1. The first-order valence-electron chi connectivity index (χ1n) is 7.44. The van der Waals surface area contributed by atoms with Crippen molar-refractivity contribution >= 4 is 12.0 Å². The molecule has 0 bridgehead atoms. The second-order valence-electron chi connectivity index (χ2n) is 5.62. The summed E-state index contributed by atoms with van der Waals surface area (Å²) in [5, 5.41) is 13.9. The van der Waals surface area contributed by atoms with Crippen LogP contribution in [-0.4, -0.2) is 37.3 Å². The number of carboxylic acids is 1. The fraction of sp³-hybridized carbons (Fsp3) is 0.500. The molecule has 1 saturated carbocycles. The van der Waals surface area contributed by atoms with Crippen molar-refractivity contribution in [2.75, 3.05) is 20.2 Å². The van der Waals surface area contributed by atoms with E-state index in [1.807, 2.05) is 24.3 Å². The van der Waals surface area contributed by atoms with Crippen molar-refractivity contribution in [3.63, 3.8) is 0 Å². The molecule has 1 aliphatic carbocycles. The van der Waals surface area contributed by atoms with E-state index in [1.54, 1.807) is 7.11 Å². The lowest BCUT2D eigenvalue weighted by Gasteiger charge is -2.42. The average Bonchev–Trinajstić information content (AvgIpc) is 2.46. The summed E-state index contributed by atoms with van der Waals surface area (Å²) in [5.41, 5.74) is 1.18. The molecule has 2 amide bonds. The Balaban J connectivity index is 1.88. The lowest BCUT2D eigenvalue weighted by Crippen LogP contribution is -2.48. The van der Waals surface area contributed by atoms with E-state index < -0.39 is 5.97 Å². The molecule has 0 atom stereocenters. The van der Waals surface area contributed by atoms with Gasteiger partial charge in [0.15, 0.2) is 0 Å². The minimum absolute atomic E-state index is 0.0175. The highest BCUT2D eigenvalue weighted by molar-refractivity contribution is 5.75. The van der Waals surface area contributed by atoms with Crippen LogP contribution in [0.1, 0.15) is 31.2 Å². The highest BCUT2D eigenvalue weighted by atomic mass is 16.5. The number of aliphatic carboxylic acids is 1. The third-order valence-corrected chi connectivity index (χ3v) is 4.22. The van der Waals surface area contributed by atoms with Gasteiger partial charge >= 0.3 is 12.0 Å². The van der Waals surface area contributed by atoms with Crippen LogP contribution >= 0.6 is 0 Å². The molecule has 120 valence electrons. The van der Waals surface area contributed by atoms with Gasteiger partial charge in [0.25, 0.3) is 0 Å². The number of hydrogen-bond acceptors (Lipinski definition) is 3. The van der Waals surface area contributed by atoms with Crippen LogP contribution in [0.4, 0.5) is 4.79 Å². The Bertz CT molecular complexity index is 523. The van der Waals surface area contributed by atoms with E-state index in [9.17, 15) is 9.59 Å². The number of benzene rings is 1. The first-order valence-corrected chi connectivity index (χ1v) is 7.44. The lowest BCUT2D eigenvalue weighted by molar-refractivity contribution is -0.136. The highest BCUT2D eigenvalue weighted by Gasteiger charge is 2.38. The molecule has 2 rings (SSSR count). The Morgan fingerprint density at radius 3 is 2.41 bits per heavy atom. The zero-order chi connectivity index (χ0) is 16.0. The average molecular weight is 306 g/mol. The molecular formula is C16H22N2O4. The normalized spacial score (nSPS) is 15.5. The van der Waals surface area contributed by atoms with E-state index in [1.165, 1.54) is 5.56 Å². The summed E-state index contributed by atoms with van der Waals surface area (Å²) in [6.45, 7) is 0.689. The van der Waals surface area contributed by atoms with Crippen molar-refractivity contribution < 1.29 is 19.4 Å². The summed E-state index contributed by atoms with van der Waals surface area (Å²) in [5.74, 6) is -0.105. The Labute approximate surface area is 129 Å². The molecule has 1 fully saturated rings. The molecule has 1 aromatic carbocycles. The number of carbonyl (C=O) groups is 2. The Morgan fingerprint density at radius 1 is 1.23 bits per heavy atom. The van der Waals surface area contributed by atoms with E-state index in [0.29, 0.717) is 6.54 Å². The Morgan fingerprint density at radius 2 is 1.91 bits per heavy atom. The predicted octanol–water partition coefficient (Wildman–Crippen LogP) is 1.89. The third-order valence-electron chi connectivity index (χ3n) is 4.22. The molecule has 0 aromatic heterocycles. The summed E-state index contributed by atoms with van der Waals surface area (Å²) >= 11 is 0. The van der Waals surface area contributed by atoms with Crippen LogP contribution in [-0.2, 0) is 10.2 Å². The van der Waals surface area contributed by atoms with Crippen molar-refractivity contribution in [1.29, 1.82) is 0 Å². The molecule has 6 heteroatoms. The molecule has 6 nitrogen and oxygen atoms in total. The van der Waals surface area contributed by atoms with Gasteiger partial charge in [0, 0.05) is 18.5 Å². The fourth-order valence-electron chi connectivity index (χ4n) is 2.71. The van der Waals surface area contributed by atoms with Gasteiger partial charge in [0.1, 0.15) is 5.75 Å². The summed E-state index contributed by atoms with van der Waals surface area (Å²) in [7, 11) is 1.64. The smallest absolute Gasteiger partial charge is 0.314 e. The van der Waals surface area contributed by atoms with Crippen LogP contribution in [0.3, 0.4) is 0 Å².